The summed E-state index contributed by atoms with van der Waals surface area (Å²) in [6, 6.07) is 17.2. The van der Waals surface area contributed by atoms with Crippen LogP contribution in [-0.4, -0.2) is 54.3 Å². The van der Waals surface area contributed by atoms with E-state index in [-0.39, 0.29) is 5.92 Å². The van der Waals surface area contributed by atoms with Gasteiger partial charge in [-0.25, -0.2) is 0 Å². The molecule has 0 radical (unpaired) electrons. The number of fused-ring (bicyclic) bond motifs is 2. The van der Waals surface area contributed by atoms with E-state index < -0.39 is 0 Å². The Kier molecular flexibility index (Phi) is 5.74. The Morgan fingerprint density at radius 2 is 1.84 bits per heavy atom. The fourth-order valence-corrected chi connectivity index (χ4v) is 5.43. The average molecular weight is 433 g/mol. The van der Waals surface area contributed by atoms with Crippen molar-refractivity contribution in [3.63, 3.8) is 0 Å². The zero-order valence-electron chi connectivity index (χ0n) is 17.6. The predicted octanol–water partition coefficient (Wildman–Crippen LogP) is 4.85. The van der Waals surface area contributed by atoms with Gasteiger partial charge in [-0.15, -0.1) is 11.3 Å². The summed E-state index contributed by atoms with van der Waals surface area (Å²) in [5.41, 5.74) is 1.39. The van der Waals surface area contributed by atoms with E-state index in [4.69, 9.17) is 15.6 Å². The molecule has 1 fully saturated rings. The number of nitrogens with zero attached hydrogens (tertiary/aromatic N) is 2. The van der Waals surface area contributed by atoms with Crippen LogP contribution in [0.25, 0.3) is 10.8 Å². The van der Waals surface area contributed by atoms with Crippen LogP contribution in [0.15, 0.2) is 53.9 Å². The van der Waals surface area contributed by atoms with Crippen molar-refractivity contribution in [3.8, 4) is 5.75 Å². The number of hydrogen-bond donors (Lipinski definition) is 2. The van der Waals surface area contributed by atoms with Crippen LogP contribution in [0.3, 0.4) is 0 Å². The Hall–Kier alpha value is -2.70. The fraction of sp³-hybridized carbons (Fsp3) is 0.360. The molecular weight excluding hydrogens is 404 g/mol. The highest BCUT2D eigenvalue weighted by molar-refractivity contribution is 7.12. The molecule has 0 bridgehead atoms. The van der Waals surface area contributed by atoms with Crippen LogP contribution in [0.4, 0.5) is 0 Å². The molecule has 2 aliphatic rings. The van der Waals surface area contributed by atoms with Crippen LogP contribution in [0.2, 0.25) is 0 Å². The summed E-state index contributed by atoms with van der Waals surface area (Å²) in [5, 5.41) is 22.0. The summed E-state index contributed by atoms with van der Waals surface area (Å²) >= 11 is 1.52. The van der Waals surface area contributed by atoms with Gasteiger partial charge in [-0.05, 0) is 60.1 Å². The Bertz CT molecular complexity index is 1100. The van der Waals surface area contributed by atoms with Crippen LogP contribution in [-0.2, 0) is 6.42 Å². The molecule has 0 aliphatic carbocycles. The van der Waals surface area contributed by atoms with E-state index in [1.54, 1.807) is 0 Å². The Balaban J connectivity index is 1.15. The van der Waals surface area contributed by atoms with Crippen LogP contribution < -0.4 is 4.74 Å². The molecule has 3 heterocycles. The maximum Gasteiger partial charge on any atom is 0.147 e. The summed E-state index contributed by atoms with van der Waals surface area (Å²) in [6.07, 6.45) is 3.03. The van der Waals surface area contributed by atoms with Crippen molar-refractivity contribution in [2.75, 3.05) is 32.8 Å². The smallest absolute Gasteiger partial charge is 0.147 e. The second-order valence-electron chi connectivity index (χ2n) is 8.40. The summed E-state index contributed by atoms with van der Waals surface area (Å²) in [5.74, 6) is 2.02. The minimum absolute atomic E-state index is 0.221. The number of nitrogens with one attached hydrogen (secondary N) is 2. The van der Waals surface area contributed by atoms with Crippen molar-refractivity contribution < 1.29 is 4.74 Å². The molecule has 160 valence electrons. The standard InChI is InChI=1S/C25H28N4OS/c26-24(29-14-15-30-22-10-16-31-23(22)25(29)27)20-8-12-28(13-9-20)11-7-18-5-6-19-3-1-2-4-21(19)17-18/h1-6,10,16-17,20,26-27H,7-9,11-15H2. The lowest BCUT2D eigenvalue weighted by molar-refractivity contribution is 0.206. The zero-order valence-corrected chi connectivity index (χ0v) is 18.5. The minimum atomic E-state index is 0.221. The number of piperidine rings is 1. The quantitative estimate of drug-likeness (QED) is 0.457. The highest BCUT2D eigenvalue weighted by atomic mass is 32.1. The van der Waals surface area contributed by atoms with Gasteiger partial charge in [0.25, 0.3) is 0 Å². The van der Waals surface area contributed by atoms with Crippen LogP contribution in [0.5, 0.6) is 5.75 Å². The van der Waals surface area contributed by atoms with Gasteiger partial charge in [0, 0.05) is 12.5 Å². The van der Waals surface area contributed by atoms with Gasteiger partial charge in [0.05, 0.1) is 6.54 Å². The number of benzene rings is 2. The molecule has 0 atom stereocenters. The summed E-state index contributed by atoms with van der Waals surface area (Å²) in [6.45, 7) is 4.20. The van der Waals surface area contributed by atoms with Gasteiger partial charge in [0.2, 0.25) is 0 Å². The highest BCUT2D eigenvalue weighted by Gasteiger charge is 2.30. The Morgan fingerprint density at radius 3 is 2.68 bits per heavy atom. The van der Waals surface area contributed by atoms with E-state index in [0.717, 1.165) is 49.5 Å². The highest BCUT2D eigenvalue weighted by Crippen LogP contribution is 2.30. The molecule has 5 rings (SSSR count). The first-order chi connectivity index (χ1) is 15.2. The Morgan fingerprint density at radius 1 is 1.03 bits per heavy atom. The molecule has 1 aromatic heterocycles. The van der Waals surface area contributed by atoms with E-state index in [2.05, 4.69) is 47.4 Å². The first kappa shape index (κ1) is 20.2. The normalized spacial score (nSPS) is 17.9. The molecule has 6 heteroatoms. The first-order valence-corrected chi connectivity index (χ1v) is 11.9. The molecule has 1 saturated heterocycles. The van der Waals surface area contributed by atoms with E-state index in [1.165, 1.54) is 27.7 Å². The monoisotopic (exact) mass is 432 g/mol. The third-order valence-corrected chi connectivity index (χ3v) is 7.38. The third kappa shape index (κ3) is 4.23. The first-order valence-electron chi connectivity index (χ1n) is 11.0. The summed E-state index contributed by atoms with van der Waals surface area (Å²) in [7, 11) is 0. The maximum absolute atomic E-state index is 8.79. The number of amidine groups is 2. The number of hydrogen-bond acceptors (Lipinski definition) is 5. The van der Waals surface area contributed by atoms with E-state index in [1.807, 2.05) is 16.3 Å². The van der Waals surface area contributed by atoms with Gasteiger partial charge in [0.1, 0.15) is 28.9 Å². The molecule has 5 nitrogen and oxygen atoms in total. The van der Waals surface area contributed by atoms with Gasteiger partial charge in [-0.3, -0.25) is 10.8 Å². The number of likely N-dealkylation sites (tertiary alicyclic amines) is 1. The molecule has 0 saturated carbocycles. The van der Waals surface area contributed by atoms with Crippen molar-refractivity contribution >= 4 is 33.8 Å². The van der Waals surface area contributed by atoms with Crippen LogP contribution in [0, 0.1) is 16.7 Å². The van der Waals surface area contributed by atoms with Gasteiger partial charge >= 0.3 is 0 Å². The van der Waals surface area contributed by atoms with Crippen molar-refractivity contribution in [2.24, 2.45) is 5.92 Å². The van der Waals surface area contributed by atoms with Gasteiger partial charge in [-0.2, -0.15) is 0 Å². The largest absolute Gasteiger partial charge is 0.490 e. The molecule has 0 unspecified atom stereocenters. The topological polar surface area (TPSA) is 63.4 Å². The van der Waals surface area contributed by atoms with Crippen LogP contribution in [0.1, 0.15) is 23.3 Å². The lowest BCUT2D eigenvalue weighted by Crippen LogP contribution is -2.45. The van der Waals surface area contributed by atoms with Crippen molar-refractivity contribution in [1.82, 2.24) is 9.80 Å². The van der Waals surface area contributed by atoms with Crippen LogP contribution >= 0.6 is 11.3 Å². The second-order valence-corrected chi connectivity index (χ2v) is 9.31. The molecule has 31 heavy (non-hydrogen) atoms. The van der Waals surface area contributed by atoms with Crippen molar-refractivity contribution in [3.05, 3.63) is 64.4 Å². The summed E-state index contributed by atoms with van der Waals surface area (Å²) < 4.78 is 5.77. The van der Waals surface area contributed by atoms with E-state index in [9.17, 15) is 0 Å². The minimum Gasteiger partial charge on any atom is -0.490 e. The SMILES string of the molecule is N=C1c2sccc2OCCN1C(=N)C1CCN(CCc2ccc3ccccc3c2)CC1. The van der Waals surface area contributed by atoms with E-state index in [0.29, 0.717) is 24.8 Å². The second kappa shape index (κ2) is 8.81. The fourth-order valence-electron chi connectivity index (χ4n) is 4.64. The zero-order chi connectivity index (χ0) is 21.2. The third-order valence-electron chi connectivity index (χ3n) is 6.48. The van der Waals surface area contributed by atoms with Gasteiger partial charge < -0.3 is 14.5 Å². The Labute approximate surface area is 187 Å². The molecular formula is C25H28N4OS. The average Bonchev–Trinajstić information content (AvgIpc) is 3.22. The number of rotatable bonds is 4. The number of thiophene rings is 1. The lowest BCUT2D eigenvalue weighted by Gasteiger charge is -2.35. The van der Waals surface area contributed by atoms with E-state index >= 15 is 0 Å². The lowest BCUT2D eigenvalue weighted by atomic mass is 9.94. The molecule has 2 aliphatic heterocycles. The van der Waals surface area contributed by atoms with Crippen molar-refractivity contribution in [1.29, 1.82) is 10.8 Å². The molecule has 3 aromatic rings. The van der Waals surface area contributed by atoms with Gasteiger partial charge in [0.15, 0.2) is 0 Å². The summed E-state index contributed by atoms with van der Waals surface area (Å²) in [4.78, 5) is 5.22. The number of ether oxygens (including phenoxy) is 1. The molecule has 0 spiro atoms. The molecule has 2 N–H and O–H groups in total. The predicted molar refractivity (Wildman–Crippen MR) is 128 cm³/mol. The van der Waals surface area contributed by atoms with Gasteiger partial charge in [-0.1, -0.05) is 42.5 Å². The molecule has 2 aromatic carbocycles. The molecule has 0 amide bonds. The van der Waals surface area contributed by atoms with Crippen molar-refractivity contribution in [2.45, 2.75) is 19.3 Å². The maximum atomic E-state index is 8.79.